The summed E-state index contributed by atoms with van der Waals surface area (Å²) in [7, 11) is -3.27. The minimum absolute atomic E-state index is 0.289. The predicted octanol–water partition coefficient (Wildman–Crippen LogP) is 3.17. The average Bonchev–Trinajstić information content (AvgIpc) is 3.08. The number of sulfone groups is 1. The first-order chi connectivity index (χ1) is 13.5. The van der Waals surface area contributed by atoms with Gasteiger partial charge in [0, 0.05) is 31.1 Å². The van der Waals surface area contributed by atoms with Gasteiger partial charge in [0.15, 0.2) is 21.5 Å². The number of aromatic nitrogens is 1. The van der Waals surface area contributed by atoms with Crippen molar-refractivity contribution in [3.63, 3.8) is 0 Å². The maximum absolute atomic E-state index is 12.6. The summed E-state index contributed by atoms with van der Waals surface area (Å²) >= 11 is 0.976. The molecule has 0 saturated heterocycles. The number of aryl methyl sites for hydroxylation is 1. The molecule has 160 valence electrons. The zero-order valence-electron chi connectivity index (χ0n) is 16.3. The number of benzene rings is 1. The molecule has 0 radical (unpaired) electrons. The van der Waals surface area contributed by atoms with Crippen molar-refractivity contribution in [2.45, 2.75) is 37.9 Å². The third-order valence-corrected chi connectivity index (χ3v) is 6.04. The van der Waals surface area contributed by atoms with E-state index in [4.69, 9.17) is 0 Å². The lowest BCUT2D eigenvalue weighted by atomic mass is 10.1. The minimum atomic E-state index is -4.43. The molecule has 0 spiro atoms. The van der Waals surface area contributed by atoms with Gasteiger partial charge in [0.2, 0.25) is 0 Å². The summed E-state index contributed by atoms with van der Waals surface area (Å²) in [6.45, 7) is 4.96. The second-order valence-electron chi connectivity index (χ2n) is 6.37. The van der Waals surface area contributed by atoms with Gasteiger partial charge in [-0.2, -0.15) is 13.2 Å². The van der Waals surface area contributed by atoms with E-state index in [2.05, 4.69) is 20.6 Å². The van der Waals surface area contributed by atoms with Crippen molar-refractivity contribution in [2.24, 2.45) is 4.99 Å². The molecule has 0 aliphatic heterocycles. The highest BCUT2D eigenvalue weighted by Crippen LogP contribution is 2.30. The van der Waals surface area contributed by atoms with E-state index in [0.29, 0.717) is 42.6 Å². The van der Waals surface area contributed by atoms with Crippen LogP contribution in [0.4, 0.5) is 13.2 Å². The van der Waals surface area contributed by atoms with E-state index in [9.17, 15) is 21.6 Å². The van der Waals surface area contributed by atoms with Crippen LogP contribution in [0.5, 0.6) is 0 Å². The maximum atomic E-state index is 12.6. The third kappa shape index (κ3) is 7.00. The van der Waals surface area contributed by atoms with Gasteiger partial charge in [-0.05, 0) is 31.0 Å². The Morgan fingerprint density at radius 1 is 1.28 bits per heavy atom. The number of hydrogen-bond acceptors (Lipinski definition) is 5. The van der Waals surface area contributed by atoms with E-state index in [-0.39, 0.29) is 4.90 Å². The van der Waals surface area contributed by atoms with Gasteiger partial charge in [-0.1, -0.05) is 12.1 Å². The molecule has 0 unspecified atom stereocenters. The largest absolute Gasteiger partial charge is 0.434 e. The van der Waals surface area contributed by atoms with Crippen LogP contribution in [0.2, 0.25) is 0 Å². The van der Waals surface area contributed by atoms with Crippen LogP contribution in [0.3, 0.4) is 0 Å². The number of aliphatic imine (C=N–C) groups is 1. The summed E-state index contributed by atoms with van der Waals surface area (Å²) in [5, 5.41) is 7.54. The third-order valence-electron chi connectivity index (χ3n) is 3.88. The van der Waals surface area contributed by atoms with Crippen LogP contribution in [0, 0.1) is 6.92 Å². The Morgan fingerprint density at radius 2 is 2.00 bits per heavy atom. The molecule has 0 bridgehead atoms. The van der Waals surface area contributed by atoms with Gasteiger partial charge >= 0.3 is 6.18 Å². The minimum Gasteiger partial charge on any atom is -0.357 e. The fourth-order valence-electron chi connectivity index (χ4n) is 2.58. The van der Waals surface area contributed by atoms with Crippen molar-refractivity contribution in [2.75, 3.05) is 19.3 Å². The molecule has 29 heavy (non-hydrogen) atoms. The molecule has 0 aliphatic rings. The zero-order valence-corrected chi connectivity index (χ0v) is 17.9. The van der Waals surface area contributed by atoms with Crippen molar-refractivity contribution in [3.05, 3.63) is 45.4 Å². The highest BCUT2D eigenvalue weighted by molar-refractivity contribution is 7.90. The Hall–Kier alpha value is -2.14. The summed E-state index contributed by atoms with van der Waals surface area (Å²) in [5.41, 5.74) is 0.634. The van der Waals surface area contributed by atoms with Gasteiger partial charge in [-0.3, -0.25) is 0 Å². The molecule has 0 saturated carbocycles. The SMILES string of the molecule is CCNC(=NCc1ccc(S(C)(=O)=O)c(C)c1)NCCc1nc(C(F)(F)F)cs1. The van der Waals surface area contributed by atoms with Gasteiger partial charge in [0.1, 0.15) is 0 Å². The Morgan fingerprint density at radius 3 is 2.55 bits per heavy atom. The molecule has 0 fully saturated rings. The molecule has 2 N–H and O–H groups in total. The van der Waals surface area contributed by atoms with Crippen molar-refractivity contribution in [1.82, 2.24) is 15.6 Å². The number of guanidine groups is 1. The van der Waals surface area contributed by atoms with Crippen LogP contribution in [-0.4, -0.2) is 38.7 Å². The number of nitrogens with one attached hydrogen (secondary N) is 2. The number of halogens is 3. The molecular weight excluding hydrogens is 425 g/mol. The van der Waals surface area contributed by atoms with Crippen molar-refractivity contribution in [1.29, 1.82) is 0 Å². The van der Waals surface area contributed by atoms with E-state index in [1.54, 1.807) is 25.1 Å². The molecule has 0 aliphatic carbocycles. The monoisotopic (exact) mass is 448 g/mol. The summed E-state index contributed by atoms with van der Waals surface area (Å²) in [6.07, 6.45) is -2.92. The lowest BCUT2D eigenvalue weighted by molar-refractivity contribution is -0.140. The number of nitrogens with zero attached hydrogens (tertiary/aromatic N) is 2. The Bertz CT molecular complexity index is 970. The molecule has 1 aromatic carbocycles. The van der Waals surface area contributed by atoms with Crippen molar-refractivity contribution >= 4 is 27.1 Å². The lowest BCUT2D eigenvalue weighted by Crippen LogP contribution is -2.38. The molecule has 2 rings (SSSR count). The molecule has 6 nitrogen and oxygen atoms in total. The Labute approximate surface area is 172 Å². The van der Waals surface area contributed by atoms with Crippen LogP contribution >= 0.6 is 11.3 Å². The number of thiazole rings is 1. The van der Waals surface area contributed by atoms with E-state index in [1.165, 1.54) is 6.26 Å². The molecule has 11 heteroatoms. The molecule has 1 aromatic heterocycles. The van der Waals surface area contributed by atoms with Gasteiger partial charge in [-0.25, -0.2) is 18.4 Å². The van der Waals surface area contributed by atoms with Crippen molar-refractivity contribution in [3.8, 4) is 0 Å². The number of alkyl halides is 3. The van der Waals surface area contributed by atoms with Crippen LogP contribution in [0.1, 0.15) is 28.8 Å². The van der Waals surface area contributed by atoms with E-state index < -0.39 is 21.7 Å². The van der Waals surface area contributed by atoms with Gasteiger partial charge < -0.3 is 10.6 Å². The molecule has 2 aromatic rings. The van der Waals surface area contributed by atoms with Gasteiger partial charge in [-0.15, -0.1) is 11.3 Å². The van der Waals surface area contributed by atoms with Crippen LogP contribution in [0.15, 0.2) is 33.5 Å². The maximum Gasteiger partial charge on any atom is 0.434 e. The quantitative estimate of drug-likeness (QED) is 0.502. The van der Waals surface area contributed by atoms with E-state index >= 15 is 0 Å². The first-order valence-corrected chi connectivity index (χ1v) is 11.6. The van der Waals surface area contributed by atoms with E-state index in [0.717, 1.165) is 22.3 Å². The van der Waals surface area contributed by atoms with E-state index in [1.807, 2.05) is 6.92 Å². The van der Waals surface area contributed by atoms with Crippen LogP contribution in [-0.2, 0) is 29.0 Å². The summed E-state index contributed by atoms with van der Waals surface area (Å²) in [4.78, 5) is 8.33. The fourth-order valence-corrected chi connectivity index (χ4v) is 4.35. The first kappa shape index (κ1) is 23.1. The Kier molecular flexibility index (Phi) is 7.64. The molecule has 0 atom stereocenters. The number of hydrogen-bond donors (Lipinski definition) is 2. The molecule has 0 amide bonds. The highest BCUT2D eigenvalue weighted by Gasteiger charge is 2.33. The van der Waals surface area contributed by atoms with Crippen LogP contribution in [0.25, 0.3) is 0 Å². The van der Waals surface area contributed by atoms with Gasteiger partial charge in [0.05, 0.1) is 16.4 Å². The lowest BCUT2D eigenvalue weighted by Gasteiger charge is -2.11. The summed E-state index contributed by atoms with van der Waals surface area (Å²) in [5.74, 6) is 0.518. The molecular formula is C18H23F3N4O2S2. The topological polar surface area (TPSA) is 83.5 Å². The fraction of sp³-hybridized carbons (Fsp3) is 0.444. The second kappa shape index (κ2) is 9.57. The zero-order chi connectivity index (χ0) is 21.7. The normalized spacial score (nSPS) is 12.8. The average molecular weight is 449 g/mol. The molecule has 1 heterocycles. The Balaban J connectivity index is 1.97. The van der Waals surface area contributed by atoms with Gasteiger partial charge in [0.25, 0.3) is 0 Å². The smallest absolute Gasteiger partial charge is 0.357 e. The summed E-state index contributed by atoms with van der Waals surface area (Å²) in [6, 6.07) is 5.05. The predicted molar refractivity (Wildman–Crippen MR) is 108 cm³/mol. The van der Waals surface area contributed by atoms with Crippen molar-refractivity contribution < 1.29 is 21.6 Å². The second-order valence-corrected chi connectivity index (χ2v) is 9.30. The first-order valence-electron chi connectivity index (χ1n) is 8.84. The highest BCUT2D eigenvalue weighted by atomic mass is 32.2. The summed E-state index contributed by atoms with van der Waals surface area (Å²) < 4.78 is 61.2. The standard InChI is InChI=1S/C18H23F3N4O2S2/c1-4-22-17(23-8-7-16-25-15(11-28-16)18(19,20)21)24-10-13-5-6-14(12(2)9-13)29(3,26)27/h5-6,9,11H,4,7-8,10H2,1-3H3,(H2,22,23,24). The number of rotatable bonds is 7. The van der Waals surface area contributed by atoms with Crippen LogP contribution < -0.4 is 10.6 Å².